The predicted octanol–water partition coefficient (Wildman–Crippen LogP) is -0.494. The topological polar surface area (TPSA) is 324 Å². The molecule has 30 heteroatoms. The van der Waals surface area contributed by atoms with E-state index in [9.17, 15) is 19.2 Å². The van der Waals surface area contributed by atoms with Crippen molar-refractivity contribution in [3.05, 3.63) is 0 Å². The van der Waals surface area contributed by atoms with Crippen LogP contribution in [0.4, 0.5) is 0 Å². The maximum atomic E-state index is 11.3. The molecule has 16 atom stereocenters. The molecule has 10 N–H and O–H groups in total. The Morgan fingerprint density at radius 1 is 0.620 bits per heavy atom. The van der Waals surface area contributed by atoms with Gasteiger partial charge in [0.05, 0.1) is 82.8 Å². The highest BCUT2D eigenvalue weighted by molar-refractivity contribution is 7.44. The van der Waals surface area contributed by atoms with Crippen LogP contribution in [0.1, 0.15) is 106 Å². The highest BCUT2D eigenvalue weighted by atomic mass is 35.5. The zero-order valence-electron chi connectivity index (χ0n) is 48.5. The molecule has 0 aromatic carbocycles. The van der Waals surface area contributed by atoms with Crippen molar-refractivity contribution in [2.45, 2.75) is 209 Å². The number of hydrogen-bond acceptors (Lipinski definition) is 22. The van der Waals surface area contributed by atoms with Crippen LogP contribution in [0.5, 0.6) is 0 Å². The van der Waals surface area contributed by atoms with Gasteiger partial charge in [-0.2, -0.15) is 5.26 Å². The molecular formula is C49H92B5ClN7O16P. The lowest BCUT2D eigenvalue weighted by atomic mass is 9.95. The second kappa shape index (κ2) is 46.5. The molecular weight excluding hydrogens is 1060 g/mol. The van der Waals surface area contributed by atoms with E-state index in [1.165, 1.54) is 20.2 Å². The smallest absolute Gasteiger partial charge is 0.306 e. The minimum atomic E-state index is -1.24. The van der Waals surface area contributed by atoms with Crippen molar-refractivity contribution in [1.82, 2.24) is 25.9 Å². The average molecular weight is 1160 g/mol. The van der Waals surface area contributed by atoms with Crippen LogP contribution in [0.15, 0.2) is 0 Å². The number of nitrogens with two attached hydrogens (primary N) is 1. The number of aliphatic hydroxyl groups excluding tert-OH is 3. The Kier molecular flexibility index (Phi) is 46.7. The summed E-state index contributed by atoms with van der Waals surface area (Å²) >= 11 is 4.64. The number of halogens is 1. The Morgan fingerprint density at radius 2 is 0.975 bits per heavy atom. The zero-order chi connectivity index (χ0) is 60.8. The Labute approximate surface area is 483 Å². The third-order valence-corrected chi connectivity index (χ3v) is 14.4. The van der Waals surface area contributed by atoms with Gasteiger partial charge in [-0.15, -0.1) is 11.6 Å². The molecule has 5 fully saturated rings. The highest BCUT2D eigenvalue weighted by Gasteiger charge is 2.36. The van der Waals surface area contributed by atoms with Crippen LogP contribution < -0.4 is 27.0 Å². The maximum absolute atomic E-state index is 11.3. The molecule has 5 rings (SSSR count). The number of hydrogen-bond donors (Lipinski definition) is 9. The fourth-order valence-electron chi connectivity index (χ4n) is 8.21. The second-order valence-electron chi connectivity index (χ2n) is 19.4. The largest absolute Gasteiger partial charge is 0.481 e. The molecule has 0 spiro atoms. The molecule has 5 aliphatic heterocycles. The molecule has 5 saturated heterocycles. The first-order valence-corrected chi connectivity index (χ1v) is 28.5. The van der Waals surface area contributed by atoms with Crippen molar-refractivity contribution in [3.63, 3.8) is 0 Å². The van der Waals surface area contributed by atoms with Crippen LogP contribution in [0.2, 0.25) is 0 Å². The first kappa shape index (κ1) is 79.2. The SMILES string of the molecule is CC(=O)CCC(=O)O.CCl.[B][C@H]1C[C@H](N)[C@@H](CO)O1.[B][C@H]1C[C@H](NC)[C@@H](CO)O1.[B][C@H]1C[C@H](NC)[C@@H](CO)O1.[B][C@H]1C[C@H](NC)[C@@H](COC(=O)CCC(C)=O)O1.[B][C@H]1C[C@H](NC)[C@@H](COP(OCCC#N)N(C(C)C)C(C)C)O1. The standard InChI is InChI=1S/C15H29BN3O3P.C11H18BNO4.2C6H12BNO2.C5H10BNO2.C5H8O3.CH3Cl/c1-11(2)19(12(3)4)23(20-8-6-7-17)21-10-14-13(18-5)9-15(16)22-14;1-7(14)3-4-11(15)16-6-9-8(13-2)5-10(12)17-9;2*1-8-4-2-6(7)10-5(4)3-9;6-5-1-3(7)4(2-8)9-5;1-4(6)2-3-5(7)8;1-2/h11-15,18H,6,8-10H2,1-5H3;8-10,13H,3-6H2,1-2H3;2*4-6,8-9H,2-3H2,1H3;3-5,8H,1-2,7H2;2-3H2,1H3,(H,7,8);1H3/t13-,14+,15+,23?;8-,9+,10+;2*4-,5+,6+;3-,4+,5+;;/m00000../s1. The van der Waals surface area contributed by atoms with Gasteiger partial charge in [0.1, 0.15) is 63.5 Å². The number of nitriles is 1. The fraction of sp³-hybridized carbons (Fsp3) is 0.898. The van der Waals surface area contributed by atoms with Gasteiger partial charge in [0.2, 0.25) is 0 Å². The molecule has 0 aliphatic carbocycles. The number of carbonyl (C=O) groups excluding carboxylic acids is 3. The lowest BCUT2D eigenvalue weighted by Gasteiger charge is -2.36. The van der Waals surface area contributed by atoms with Crippen molar-refractivity contribution in [2.24, 2.45) is 5.73 Å². The number of nitrogens with one attached hydrogen (secondary N) is 4. The lowest BCUT2D eigenvalue weighted by Crippen LogP contribution is -2.38. The Balaban J connectivity index is 0. The van der Waals surface area contributed by atoms with Gasteiger partial charge in [0.15, 0.2) is 0 Å². The summed E-state index contributed by atoms with van der Waals surface area (Å²) in [5.74, 6) is -1.39. The number of carboxylic acid groups (broad SMARTS) is 1. The van der Waals surface area contributed by atoms with E-state index in [2.05, 4.69) is 71.3 Å². The van der Waals surface area contributed by atoms with Crippen molar-refractivity contribution < 1.29 is 77.1 Å². The predicted molar refractivity (Wildman–Crippen MR) is 307 cm³/mol. The summed E-state index contributed by atoms with van der Waals surface area (Å²) in [4.78, 5) is 41.8. The Bertz CT molecular complexity index is 1600. The number of Topliss-reactive ketones (excluding diaryl/α,β-unsaturated/α-hetero) is 2. The molecule has 446 valence electrons. The van der Waals surface area contributed by atoms with Gasteiger partial charge in [-0.25, -0.2) is 4.67 Å². The minimum Gasteiger partial charge on any atom is -0.481 e. The number of ether oxygens (including phenoxy) is 6. The first-order valence-electron chi connectivity index (χ1n) is 26.6. The van der Waals surface area contributed by atoms with Crippen molar-refractivity contribution >= 4 is 82.9 Å². The molecule has 0 aromatic heterocycles. The van der Waals surface area contributed by atoms with Gasteiger partial charge >= 0.3 is 11.9 Å². The summed E-state index contributed by atoms with van der Waals surface area (Å²) in [6.07, 6.45) is 5.16. The van der Waals surface area contributed by atoms with Crippen molar-refractivity contribution in [2.75, 3.05) is 74.2 Å². The molecule has 0 aromatic rings. The van der Waals surface area contributed by atoms with Gasteiger partial charge in [0.25, 0.3) is 8.53 Å². The minimum absolute atomic E-state index is 0.0193. The van der Waals surface area contributed by atoms with Crippen LogP contribution in [0, 0.1) is 11.3 Å². The monoisotopic (exact) mass is 1160 g/mol. The number of rotatable bonds is 24. The van der Waals surface area contributed by atoms with Crippen LogP contribution in [0.25, 0.3) is 0 Å². The molecule has 23 nitrogen and oxygen atoms in total. The molecule has 5 aliphatic rings. The van der Waals surface area contributed by atoms with Crippen LogP contribution in [-0.2, 0) is 56.6 Å². The van der Waals surface area contributed by atoms with Gasteiger partial charge in [-0.3, -0.25) is 9.59 Å². The van der Waals surface area contributed by atoms with E-state index in [1.54, 1.807) is 0 Å². The average Bonchev–Trinajstić information content (AvgIpc) is 4.24. The van der Waals surface area contributed by atoms with Crippen LogP contribution in [0.3, 0.4) is 0 Å². The third-order valence-electron chi connectivity index (χ3n) is 12.3. The molecule has 5 heterocycles. The van der Waals surface area contributed by atoms with Crippen molar-refractivity contribution in [3.8, 4) is 6.07 Å². The lowest BCUT2D eigenvalue weighted by molar-refractivity contribution is -0.148. The molecule has 0 amide bonds. The maximum Gasteiger partial charge on any atom is 0.306 e. The number of likely N-dealkylation sites (N-methyl/N-ethyl adjacent to an activating group) is 4. The first-order chi connectivity index (χ1) is 37.3. The van der Waals surface area contributed by atoms with E-state index in [0.717, 1.165) is 19.3 Å². The van der Waals surface area contributed by atoms with E-state index >= 15 is 0 Å². The second-order valence-corrected chi connectivity index (χ2v) is 20.8. The number of nitrogens with zero attached hydrogens (tertiary/aromatic N) is 2. The summed E-state index contributed by atoms with van der Waals surface area (Å²) < 4.78 is 45.7. The van der Waals surface area contributed by atoms with E-state index in [0.29, 0.717) is 32.5 Å². The summed E-state index contributed by atoms with van der Waals surface area (Å²) in [7, 11) is 34.0. The normalized spacial score (nSPS) is 29.8. The fourth-order valence-corrected chi connectivity index (χ4v) is 9.83. The van der Waals surface area contributed by atoms with E-state index < -0.39 is 14.5 Å². The van der Waals surface area contributed by atoms with Gasteiger partial charge < -0.3 is 94.5 Å². The summed E-state index contributed by atoms with van der Waals surface area (Å²) in [5, 5.41) is 55.2. The third kappa shape index (κ3) is 35.2. The van der Waals surface area contributed by atoms with E-state index in [1.807, 2.05) is 28.2 Å². The highest BCUT2D eigenvalue weighted by Crippen LogP contribution is 2.46. The van der Waals surface area contributed by atoms with Gasteiger partial charge in [0, 0.05) is 91.5 Å². The van der Waals surface area contributed by atoms with Crippen LogP contribution in [-0.4, -0.2) is 265 Å². The summed E-state index contributed by atoms with van der Waals surface area (Å²) in [5.41, 5.74) is 5.51. The summed E-state index contributed by atoms with van der Waals surface area (Å²) in [6.45, 7) is 12.3. The number of carbonyl (C=O) groups is 4. The number of alkyl halides is 1. The molecule has 10 radical (unpaired) electrons. The number of aliphatic carboxylic acids is 1. The van der Waals surface area contributed by atoms with E-state index in [4.69, 9.17) is 108 Å². The quantitative estimate of drug-likeness (QED) is 0.0194. The molecule has 0 bridgehead atoms. The van der Waals surface area contributed by atoms with Crippen LogP contribution >= 0.6 is 20.1 Å². The number of esters is 1. The zero-order valence-corrected chi connectivity index (χ0v) is 50.2. The molecule has 79 heavy (non-hydrogen) atoms. The number of carboxylic acids is 1. The molecule has 1 unspecified atom stereocenters. The van der Waals surface area contributed by atoms with Gasteiger partial charge in [-0.05, 0) is 102 Å². The van der Waals surface area contributed by atoms with Crippen molar-refractivity contribution in [1.29, 1.82) is 5.26 Å². The Hall–Kier alpha value is -1.83. The Morgan fingerprint density at radius 3 is 1.27 bits per heavy atom. The number of aliphatic hydroxyl groups is 3. The van der Waals surface area contributed by atoms with E-state index in [-0.39, 0.29) is 172 Å². The summed E-state index contributed by atoms with van der Waals surface area (Å²) in [6, 6.07) is 2.02. The number of ketones is 2. The van der Waals surface area contributed by atoms with Gasteiger partial charge in [-0.1, -0.05) is 0 Å². The molecule has 0 saturated carbocycles.